The molecule has 2 aromatic rings. The zero-order valence-electron chi connectivity index (χ0n) is 19.2. The van der Waals surface area contributed by atoms with Crippen LogP contribution in [0.25, 0.3) is 0 Å². The Balaban J connectivity index is 0.00000363. The third kappa shape index (κ3) is 8.42. The first-order valence-electron chi connectivity index (χ1n) is 11.1. The number of aromatic nitrogens is 3. The minimum atomic E-state index is 0. The van der Waals surface area contributed by atoms with Gasteiger partial charge in [-0.25, -0.2) is 4.99 Å². The lowest BCUT2D eigenvalue weighted by Crippen LogP contribution is -2.53. The number of nitrogens with zero attached hydrogens (tertiary/aromatic N) is 6. The molecule has 9 heteroatoms. The molecule has 1 aliphatic rings. The van der Waals surface area contributed by atoms with Crippen LogP contribution in [0.15, 0.2) is 53.8 Å². The van der Waals surface area contributed by atoms with E-state index in [1.165, 1.54) is 0 Å². The molecule has 0 unspecified atom stereocenters. The maximum Gasteiger partial charge on any atom is 0.194 e. The molecule has 0 amide bonds. The number of hydrogen-bond donors (Lipinski definition) is 1. The monoisotopic (exact) mass is 553 g/mol. The summed E-state index contributed by atoms with van der Waals surface area (Å²) in [5.41, 5.74) is 1.06. The average Bonchev–Trinajstić information content (AvgIpc) is 3.25. The van der Waals surface area contributed by atoms with Crippen LogP contribution in [0, 0.1) is 0 Å². The standard InChI is InChI=1S/C23H35N7O.HI/c1-4-22-27-26-19-30(22)11-10-24-23(25-18-20(2)3)29-14-12-28(13-15-29)16-17-31-21-8-6-5-7-9-21;/h5-9,19H,2,4,10-18H2,1,3H3,(H,24,25);1H. The van der Waals surface area contributed by atoms with Crippen molar-refractivity contribution < 1.29 is 4.74 Å². The second kappa shape index (κ2) is 14.1. The molecule has 1 saturated heterocycles. The number of guanidine groups is 1. The van der Waals surface area contributed by atoms with Crippen molar-refractivity contribution in [2.75, 3.05) is 52.4 Å². The zero-order valence-corrected chi connectivity index (χ0v) is 21.6. The molecule has 0 aliphatic carbocycles. The van der Waals surface area contributed by atoms with E-state index in [9.17, 15) is 0 Å². The molecule has 0 radical (unpaired) electrons. The lowest BCUT2D eigenvalue weighted by Gasteiger charge is -2.36. The number of benzene rings is 1. The molecule has 32 heavy (non-hydrogen) atoms. The summed E-state index contributed by atoms with van der Waals surface area (Å²) in [6.45, 7) is 15.9. The Labute approximate surface area is 208 Å². The number of aryl methyl sites for hydroxylation is 1. The van der Waals surface area contributed by atoms with Crippen LogP contribution < -0.4 is 10.1 Å². The molecule has 0 saturated carbocycles. The van der Waals surface area contributed by atoms with E-state index in [0.29, 0.717) is 13.2 Å². The molecular weight excluding hydrogens is 517 g/mol. The number of ether oxygens (including phenoxy) is 1. The summed E-state index contributed by atoms with van der Waals surface area (Å²) in [4.78, 5) is 9.57. The van der Waals surface area contributed by atoms with Crippen molar-refractivity contribution in [3.63, 3.8) is 0 Å². The maximum absolute atomic E-state index is 5.84. The molecule has 1 fully saturated rings. The van der Waals surface area contributed by atoms with Gasteiger partial charge in [0.25, 0.3) is 0 Å². The molecule has 1 aliphatic heterocycles. The van der Waals surface area contributed by atoms with E-state index in [1.54, 1.807) is 6.33 Å². The average molecular weight is 553 g/mol. The molecule has 0 bridgehead atoms. The summed E-state index contributed by atoms with van der Waals surface area (Å²) in [5, 5.41) is 11.7. The topological polar surface area (TPSA) is 70.8 Å². The van der Waals surface area contributed by atoms with Gasteiger partial charge in [0.1, 0.15) is 24.5 Å². The van der Waals surface area contributed by atoms with Crippen molar-refractivity contribution in [2.45, 2.75) is 26.8 Å². The van der Waals surface area contributed by atoms with Crippen LogP contribution >= 0.6 is 24.0 Å². The predicted molar refractivity (Wildman–Crippen MR) is 140 cm³/mol. The van der Waals surface area contributed by atoms with Crippen LogP contribution in [-0.4, -0.2) is 82.9 Å². The van der Waals surface area contributed by atoms with Crippen LogP contribution in [-0.2, 0) is 13.0 Å². The number of rotatable bonds is 10. The lowest BCUT2D eigenvalue weighted by molar-refractivity contribution is 0.152. The highest BCUT2D eigenvalue weighted by Gasteiger charge is 2.19. The second-order valence-electron chi connectivity index (χ2n) is 7.81. The van der Waals surface area contributed by atoms with Gasteiger partial charge < -0.3 is 19.5 Å². The molecule has 1 N–H and O–H groups in total. The number of para-hydroxylation sites is 1. The molecule has 8 nitrogen and oxygen atoms in total. The van der Waals surface area contributed by atoms with Gasteiger partial charge in [-0.2, -0.15) is 0 Å². The minimum Gasteiger partial charge on any atom is -0.492 e. The van der Waals surface area contributed by atoms with Crippen LogP contribution in [0.4, 0.5) is 0 Å². The number of halogens is 1. The smallest absolute Gasteiger partial charge is 0.194 e. The number of piperazine rings is 1. The Kier molecular flexibility index (Phi) is 11.5. The lowest BCUT2D eigenvalue weighted by atomic mass is 10.3. The first-order chi connectivity index (χ1) is 15.2. The normalized spacial score (nSPS) is 14.7. The maximum atomic E-state index is 5.84. The fourth-order valence-electron chi connectivity index (χ4n) is 3.50. The summed E-state index contributed by atoms with van der Waals surface area (Å²) in [5.74, 6) is 2.89. The largest absolute Gasteiger partial charge is 0.492 e. The SMILES string of the molecule is C=C(C)CN=C(NCCn1cnnc1CC)N1CCN(CCOc2ccccc2)CC1.I. The van der Waals surface area contributed by atoms with E-state index >= 15 is 0 Å². The van der Waals surface area contributed by atoms with Gasteiger partial charge in [-0.1, -0.05) is 37.3 Å². The molecule has 2 heterocycles. The van der Waals surface area contributed by atoms with Gasteiger partial charge in [0.2, 0.25) is 0 Å². The predicted octanol–water partition coefficient (Wildman–Crippen LogP) is 2.68. The summed E-state index contributed by atoms with van der Waals surface area (Å²) < 4.78 is 7.93. The van der Waals surface area contributed by atoms with Crippen molar-refractivity contribution in [2.24, 2.45) is 4.99 Å². The van der Waals surface area contributed by atoms with Crippen LogP contribution in [0.3, 0.4) is 0 Å². The van der Waals surface area contributed by atoms with E-state index in [0.717, 1.165) is 75.3 Å². The van der Waals surface area contributed by atoms with Crippen LogP contribution in [0.1, 0.15) is 19.7 Å². The van der Waals surface area contributed by atoms with E-state index < -0.39 is 0 Å². The molecule has 0 atom stereocenters. The van der Waals surface area contributed by atoms with E-state index in [-0.39, 0.29) is 24.0 Å². The second-order valence-corrected chi connectivity index (χ2v) is 7.81. The number of aliphatic imine (C=N–C) groups is 1. The van der Waals surface area contributed by atoms with E-state index in [2.05, 4.69) is 43.4 Å². The van der Waals surface area contributed by atoms with Gasteiger partial charge in [0, 0.05) is 52.2 Å². The van der Waals surface area contributed by atoms with Crippen LogP contribution in [0.2, 0.25) is 0 Å². The molecule has 0 spiro atoms. The van der Waals surface area contributed by atoms with Gasteiger partial charge >= 0.3 is 0 Å². The van der Waals surface area contributed by atoms with Crippen molar-refractivity contribution in [3.05, 3.63) is 54.6 Å². The highest BCUT2D eigenvalue weighted by molar-refractivity contribution is 14.0. The fraction of sp³-hybridized carbons (Fsp3) is 0.522. The zero-order chi connectivity index (χ0) is 21.9. The summed E-state index contributed by atoms with van der Waals surface area (Å²) in [6.07, 6.45) is 2.67. The summed E-state index contributed by atoms with van der Waals surface area (Å²) in [7, 11) is 0. The van der Waals surface area contributed by atoms with Gasteiger partial charge in [-0.15, -0.1) is 34.2 Å². The van der Waals surface area contributed by atoms with Crippen molar-refractivity contribution in [3.8, 4) is 5.75 Å². The Morgan fingerprint density at radius 2 is 1.91 bits per heavy atom. The van der Waals surface area contributed by atoms with Gasteiger partial charge in [-0.3, -0.25) is 4.90 Å². The molecule has 1 aromatic carbocycles. The molecular formula is C23H36IN7O. The first-order valence-corrected chi connectivity index (χ1v) is 11.1. The molecule has 176 valence electrons. The summed E-state index contributed by atoms with van der Waals surface area (Å²) in [6, 6.07) is 10.00. The number of nitrogens with one attached hydrogen (secondary N) is 1. The van der Waals surface area contributed by atoms with Crippen molar-refractivity contribution in [1.29, 1.82) is 0 Å². The quantitative estimate of drug-likeness (QED) is 0.211. The van der Waals surface area contributed by atoms with Gasteiger partial charge in [0.05, 0.1) is 6.54 Å². The van der Waals surface area contributed by atoms with Crippen molar-refractivity contribution in [1.82, 2.24) is 29.9 Å². The highest BCUT2D eigenvalue weighted by Crippen LogP contribution is 2.09. The Morgan fingerprint density at radius 3 is 2.59 bits per heavy atom. The third-order valence-corrected chi connectivity index (χ3v) is 5.24. The fourth-order valence-corrected chi connectivity index (χ4v) is 3.50. The van der Waals surface area contributed by atoms with Crippen LogP contribution in [0.5, 0.6) is 5.75 Å². The Morgan fingerprint density at radius 1 is 1.16 bits per heavy atom. The number of hydrogen-bond acceptors (Lipinski definition) is 5. The highest BCUT2D eigenvalue weighted by atomic mass is 127. The van der Waals surface area contributed by atoms with Gasteiger partial charge in [0.15, 0.2) is 5.96 Å². The molecule has 1 aromatic heterocycles. The Bertz CT molecular complexity index is 832. The first kappa shape index (κ1) is 26.1. The van der Waals surface area contributed by atoms with Crippen molar-refractivity contribution >= 4 is 29.9 Å². The van der Waals surface area contributed by atoms with E-state index in [4.69, 9.17) is 9.73 Å². The summed E-state index contributed by atoms with van der Waals surface area (Å²) >= 11 is 0. The molecule has 3 rings (SSSR count). The third-order valence-electron chi connectivity index (χ3n) is 5.24. The minimum absolute atomic E-state index is 0. The van der Waals surface area contributed by atoms with E-state index in [1.807, 2.05) is 37.3 Å². The van der Waals surface area contributed by atoms with Gasteiger partial charge in [-0.05, 0) is 19.1 Å². The Hall–Kier alpha value is -2.14.